The molecule has 2 nitrogen and oxygen atoms in total. The highest BCUT2D eigenvalue weighted by Crippen LogP contribution is 2.10. The lowest BCUT2D eigenvalue weighted by Crippen LogP contribution is -2.16. The fourth-order valence-electron chi connectivity index (χ4n) is 0.443. The van der Waals surface area contributed by atoms with Gasteiger partial charge in [-0.3, -0.25) is 4.79 Å². The summed E-state index contributed by atoms with van der Waals surface area (Å²) in [5.74, 6) is 1.75. The van der Waals surface area contributed by atoms with Gasteiger partial charge in [-0.25, -0.2) is 0 Å². The summed E-state index contributed by atoms with van der Waals surface area (Å²) in [7, 11) is 3.85. The van der Waals surface area contributed by atoms with Crippen LogP contribution in [-0.2, 0) is 4.79 Å². The molecule has 0 aliphatic carbocycles. The van der Waals surface area contributed by atoms with Crippen molar-refractivity contribution in [2.45, 2.75) is 6.92 Å². The van der Waals surface area contributed by atoms with Crippen molar-refractivity contribution in [3.8, 4) is 0 Å². The quantitative estimate of drug-likeness (QED) is 0.536. The number of nitrogens with zero attached hydrogens (tertiary/aromatic N) is 1. The van der Waals surface area contributed by atoms with E-state index in [1.54, 1.807) is 18.7 Å². The van der Waals surface area contributed by atoms with E-state index >= 15 is 0 Å². The maximum absolute atomic E-state index is 10.5. The van der Waals surface area contributed by atoms with Gasteiger partial charge < -0.3 is 4.90 Å². The van der Waals surface area contributed by atoms with Gasteiger partial charge in [-0.15, -0.1) is 0 Å². The SMILES string of the molecule is CC(=O)SCCSC(=S)N(C)C. The van der Waals surface area contributed by atoms with Crippen LogP contribution in [-0.4, -0.2) is 39.9 Å². The second-order valence-corrected chi connectivity index (χ2v) is 5.35. The molecule has 0 heterocycles. The lowest BCUT2D eigenvalue weighted by atomic mass is 10.9. The largest absolute Gasteiger partial charge is 0.364 e. The molecule has 0 saturated heterocycles. The van der Waals surface area contributed by atoms with Gasteiger partial charge in [0.2, 0.25) is 0 Å². The zero-order valence-electron chi connectivity index (χ0n) is 7.49. The van der Waals surface area contributed by atoms with Gasteiger partial charge in [0, 0.05) is 32.5 Å². The van der Waals surface area contributed by atoms with Crippen molar-refractivity contribution < 1.29 is 4.79 Å². The summed E-state index contributed by atoms with van der Waals surface area (Å²) in [6, 6.07) is 0. The molecule has 0 radical (unpaired) electrons. The van der Waals surface area contributed by atoms with Crippen LogP contribution >= 0.6 is 35.7 Å². The molecule has 70 valence electrons. The van der Waals surface area contributed by atoms with E-state index in [4.69, 9.17) is 12.2 Å². The number of thiocarbonyl (C=S) groups is 1. The van der Waals surface area contributed by atoms with Gasteiger partial charge in [-0.2, -0.15) is 0 Å². The maximum atomic E-state index is 10.5. The van der Waals surface area contributed by atoms with Crippen molar-refractivity contribution in [1.82, 2.24) is 4.90 Å². The fourth-order valence-corrected chi connectivity index (χ4v) is 2.08. The second-order valence-electron chi connectivity index (χ2n) is 2.35. The summed E-state index contributed by atoms with van der Waals surface area (Å²) in [5, 5.41) is 0.173. The van der Waals surface area contributed by atoms with E-state index in [-0.39, 0.29) is 5.12 Å². The highest BCUT2D eigenvalue weighted by Gasteiger charge is 2.00. The third kappa shape index (κ3) is 6.94. The molecule has 0 aromatic rings. The molecule has 0 N–H and O–H groups in total. The van der Waals surface area contributed by atoms with E-state index in [1.165, 1.54) is 11.8 Å². The van der Waals surface area contributed by atoms with Gasteiger partial charge in [0.1, 0.15) is 4.32 Å². The maximum Gasteiger partial charge on any atom is 0.185 e. The predicted octanol–water partition coefficient (Wildman–Crippen LogP) is 1.85. The second kappa shape index (κ2) is 6.74. The van der Waals surface area contributed by atoms with E-state index in [2.05, 4.69) is 0 Å². The van der Waals surface area contributed by atoms with Crippen molar-refractivity contribution in [3.63, 3.8) is 0 Å². The number of carbonyl (C=O) groups excluding carboxylic acids is 1. The van der Waals surface area contributed by atoms with Crippen LogP contribution < -0.4 is 0 Å². The van der Waals surface area contributed by atoms with Gasteiger partial charge in [-0.1, -0.05) is 35.7 Å². The molecule has 0 fully saturated rings. The number of rotatable bonds is 3. The zero-order valence-corrected chi connectivity index (χ0v) is 9.94. The highest BCUT2D eigenvalue weighted by atomic mass is 32.2. The number of hydrogen-bond donors (Lipinski definition) is 0. The third-order valence-corrected chi connectivity index (χ3v) is 3.79. The summed E-state index contributed by atoms with van der Waals surface area (Å²) < 4.78 is 0.874. The molecule has 0 saturated carbocycles. The Balaban J connectivity index is 3.32. The molecular weight excluding hydrogens is 210 g/mol. The minimum atomic E-state index is 0.173. The van der Waals surface area contributed by atoms with Crippen molar-refractivity contribution in [2.75, 3.05) is 25.6 Å². The summed E-state index contributed by atoms with van der Waals surface area (Å²) in [6.45, 7) is 1.58. The monoisotopic (exact) mass is 223 g/mol. The van der Waals surface area contributed by atoms with Crippen LogP contribution in [0.25, 0.3) is 0 Å². The van der Waals surface area contributed by atoms with Gasteiger partial charge >= 0.3 is 0 Å². The molecule has 5 heteroatoms. The average Bonchev–Trinajstić information content (AvgIpc) is 1.97. The first-order chi connectivity index (χ1) is 5.54. The first-order valence-corrected chi connectivity index (χ1v) is 5.89. The first-order valence-electron chi connectivity index (χ1n) is 3.51. The molecule has 0 rings (SSSR count). The first kappa shape index (κ1) is 12.3. The Morgan fingerprint density at radius 1 is 1.33 bits per heavy atom. The molecule has 0 aromatic heterocycles. The number of thioether (sulfide) groups is 2. The normalized spacial score (nSPS) is 9.58. The number of hydrogen-bond acceptors (Lipinski definition) is 4. The summed E-state index contributed by atoms with van der Waals surface area (Å²) in [5.41, 5.74) is 0. The van der Waals surface area contributed by atoms with Crippen LogP contribution in [0.2, 0.25) is 0 Å². The summed E-state index contributed by atoms with van der Waals surface area (Å²) in [6.07, 6.45) is 0. The molecule has 0 atom stereocenters. The standard InChI is InChI=1S/C7H13NOS3/c1-6(9)11-4-5-12-7(10)8(2)3/h4-5H2,1-3H3. The Labute approximate surface area is 87.5 Å². The predicted molar refractivity (Wildman–Crippen MR) is 61.9 cm³/mol. The van der Waals surface area contributed by atoms with Gasteiger partial charge in [0.25, 0.3) is 0 Å². The molecule has 0 spiro atoms. The number of carbonyl (C=O) groups is 1. The minimum absolute atomic E-state index is 0.173. The Morgan fingerprint density at radius 2 is 1.83 bits per heavy atom. The summed E-state index contributed by atoms with van der Waals surface area (Å²) >= 11 is 8.01. The molecule has 0 bridgehead atoms. The van der Waals surface area contributed by atoms with Gasteiger partial charge in [0.15, 0.2) is 5.12 Å². The molecular formula is C7H13NOS3. The highest BCUT2D eigenvalue weighted by molar-refractivity contribution is 8.23. The van der Waals surface area contributed by atoms with E-state index in [0.29, 0.717) is 0 Å². The van der Waals surface area contributed by atoms with Crippen molar-refractivity contribution in [3.05, 3.63) is 0 Å². The van der Waals surface area contributed by atoms with E-state index < -0.39 is 0 Å². The lowest BCUT2D eigenvalue weighted by molar-refractivity contribution is -0.109. The lowest BCUT2D eigenvalue weighted by Gasteiger charge is -2.11. The summed E-state index contributed by atoms with van der Waals surface area (Å²) in [4.78, 5) is 12.4. The fraction of sp³-hybridized carbons (Fsp3) is 0.714. The topological polar surface area (TPSA) is 20.3 Å². The van der Waals surface area contributed by atoms with Gasteiger partial charge in [0.05, 0.1) is 0 Å². The van der Waals surface area contributed by atoms with E-state index in [9.17, 15) is 4.79 Å². The smallest absolute Gasteiger partial charge is 0.185 e. The minimum Gasteiger partial charge on any atom is -0.364 e. The van der Waals surface area contributed by atoms with Crippen LogP contribution in [0.1, 0.15) is 6.92 Å². The third-order valence-electron chi connectivity index (χ3n) is 0.979. The van der Waals surface area contributed by atoms with Crippen LogP contribution in [0.3, 0.4) is 0 Å². The van der Waals surface area contributed by atoms with Crippen LogP contribution in [0.4, 0.5) is 0 Å². The Hall–Kier alpha value is 0.260. The van der Waals surface area contributed by atoms with Crippen molar-refractivity contribution >= 4 is 45.2 Å². The van der Waals surface area contributed by atoms with Crippen molar-refractivity contribution in [2.24, 2.45) is 0 Å². The molecule has 0 aromatic carbocycles. The van der Waals surface area contributed by atoms with Crippen LogP contribution in [0, 0.1) is 0 Å². The van der Waals surface area contributed by atoms with Crippen molar-refractivity contribution in [1.29, 1.82) is 0 Å². The van der Waals surface area contributed by atoms with Gasteiger partial charge in [-0.05, 0) is 0 Å². The molecule has 0 amide bonds. The molecule has 12 heavy (non-hydrogen) atoms. The van der Waals surface area contributed by atoms with E-state index in [1.807, 2.05) is 19.0 Å². The molecule has 0 aliphatic rings. The van der Waals surface area contributed by atoms with Crippen LogP contribution in [0.15, 0.2) is 0 Å². The average molecular weight is 223 g/mol. The Bertz CT molecular complexity index is 170. The van der Waals surface area contributed by atoms with Crippen LogP contribution in [0.5, 0.6) is 0 Å². The molecule has 0 aliphatic heterocycles. The van der Waals surface area contributed by atoms with E-state index in [0.717, 1.165) is 15.8 Å². The molecule has 0 unspecified atom stereocenters. The Morgan fingerprint density at radius 3 is 2.25 bits per heavy atom. The Kier molecular flexibility index (Phi) is 6.89. The zero-order chi connectivity index (χ0) is 9.56.